The largest absolute Gasteiger partial charge is 0.405 e. The van der Waals surface area contributed by atoms with E-state index in [9.17, 15) is 13.2 Å². The summed E-state index contributed by atoms with van der Waals surface area (Å²) >= 11 is 0. The summed E-state index contributed by atoms with van der Waals surface area (Å²) in [5.74, 6) is 0.342. The minimum absolute atomic E-state index is 0.342. The van der Waals surface area contributed by atoms with Gasteiger partial charge in [-0.2, -0.15) is 13.2 Å². The second kappa shape index (κ2) is 4.89. The summed E-state index contributed by atoms with van der Waals surface area (Å²) in [5, 5.41) is 2.36. The van der Waals surface area contributed by atoms with Crippen LogP contribution < -0.4 is 5.32 Å². The number of aromatic nitrogens is 2. The molecular formula is C11H14F3N3. The van der Waals surface area contributed by atoms with E-state index in [4.69, 9.17) is 0 Å². The van der Waals surface area contributed by atoms with Crippen LogP contribution in [0.2, 0.25) is 0 Å². The molecule has 0 aliphatic heterocycles. The normalized spacial score (nSPS) is 16.2. The Morgan fingerprint density at radius 1 is 1.12 bits per heavy atom. The molecule has 6 heteroatoms. The van der Waals surface area contributed by atoms with Crippen molar-refractivity contribution in [2.75, 3.05) is 11.9 Å². The smallest absolute Gasteiger partial charge is 0.361 e. The Morgan fingerprint density at radius 2 is 1.88 bits per heavy atom. The van der Waals surface area contributed by atoms with Gasteiger partial charge in [-0.15, -0.1) is 0 Å². The summed E-state index contributed by atoms with van der Waals surface area (Å²) in [6.45, 7) is -1.05. The zero-order valence-electron chi connectivity index (χ0n) is 9.35. The third-order valence-corrected chi connectivity index (χ3v) is 2.83. The highest BCUT2D eigenvalue weighted by Gasteiger charge is 2.27. The molecule has 0 fully saturated rings. The zero-order chi connectivity index (χ0) is 12.3. The second-order valence-electron chi connectivity index (χ2n) is 4.18. The first-order valence-corrected chi connectivity index (χ1v) is 5.69. The average molecular weight is 245 g/mol. The highest BCUT2D eigenvalue weighted by atomic mass is 19.4. The minimum Gasteiger partial charge on any atom is -0.361 e. The molecule has 0 aromatic carbocycles. The van der Waals surface area contributed by atoms with Gasteiger partial charge in [0.05, 0.1) is 0 Å². The van der Waals surface area contributed by atoms with E-state index in [1.165, 1.54) is 6.33 Å². The van der Waals surface area contributed by atoms with Gasteiger partial charge in [-0.1, -0.05) is 6.42 Å². The molecule has 1 N–H and O–H groups in total. The van der Waals surface area contributed by atoms with E-state index in [0.29, 0.717) is 5.82 Å². The molecule has 1 aromatic heterocycles. The monoisotopic (exact) mass is 245 g/mol. The molecule has 0 bridgehead atoms. The maximum Gasteiger partial charge on any atom is 0.405 e. The Balaban J connectivity index is 2.17. The molecular weight excluding hydrogens is 231 g/mol. The van der Waals surface area contributed by atoms with Crippen LogP contribution in [0, 0.1) is 0 Å². The molecule has 1 aliphatic rings. The van der Waals surface area contributed by atoms with Crippen LogP contribution in [0.5, 0.6) is 0 Å². The molecule has 0 atom stereocenters. The van der Waals surface area contributed by atoms with Crippen LogP contribution >= 0.6 is 0 Å². The van der Waals surface area contributed by atoms with Crippen LogP contribution in [0.15, 0.2) is 6.33 Å². The van der Waals surface area contributed by atoms with Crippen molar-refractivity contribution >= 4 is 5.82 Å². The number of nitrogens with zero attached hydrogens (tertiary/aromatic N) is 2. The van der Waals surface area contributed by atoms with E-state index >= 15 is 0 Å². The molecule has 0 saturated carbocycles. The lowest BCUT2D eigenvalue weighted by Gasteiger charge is -2.13. The minimum atomic E-state index is -4.22. The number of aryl methyl sites for hydroxylation is 1. The SMILES string of the molecule is FC(F)(F)CNc1ncnc2c1CCCCC2. The van der Waals surface area contributed by atoms with Crippen molar-refractivity contribution in [2.24, 2.45) is 0 Å². The molecule has 94 valence electrons. The predicted octanol–water partition coefficient (Wildman–Crippen LogP) is 2.72. The van der Waals surface area contributed by atoms with E-state index in [0.717, 1.165) is 43.4 Å². The molecule has 3 nitrogen and oxygen atoms in total. The van der Waals surface area contributed by atoms with Gasteiger partial charge in [0.1, 0.15) is 18.7 Å². The van der Waals surface area contributed by atoms with Gasteiger partial charge in [0, 0.05) is 11.3 Å². The van der Waals surface area contributed by atoms with Gasteiger partial charge in [0.25, 0.3) is 0 Å². The summed E-state index contributed by atoms with van der Waals surface area (Å²) in [6, 6.07) is 0. The topological polar surface area (TPSA) is 37.8 Å². The van der Waals surface area contributed by atoms with Crippen molar-refractivity contribution in [3.63, 3.8) is 0 Å². The fourth-order valence-electron chi connectivity index (χ4n) is 2.03. The summed E-state index contributed by atoms with van der Waals surface area (Å²) in [4.78, 5) is 8.07. The Hall–Kier alpha value is -1.33. The lowest BCUT2D eigenvalue weighted by molar-refractivity contribution is -0.115. The van der Waals surface area contributed by atoms with E-state index in [1.54, 1.807) is 0 Å². The number of alkyl halides is 3. The van der Waals surface area contributed by atoms with Gasteiger partial charge in [-0.25, -0.2) is 9.97 Å². The first-order chi connectivity index (χ1) is 8.06. The average Bonchev–Trinajstić information content (AvgIpc) is 2.50. The van der Waals surface area contributed by atoms with Crippen LogP contribution in [0.25, 0.3) is 0 Å². The van der Waals surface area contributed by atoms with E-state index in [-0.39, 0.29) is 0 Å². The highest BCUT2D eigenvalue weighted by molar-refractivity contribution is 5.46. The molecule has 2 rings (SSSR count). The maximum atomic E-state index is 12.1. The molecule has 0 saturated heterocycles. The Labute approximate surface area is 97.5 Å². The highest BCUT2D eigenvalue weighted by Crippen LogP contribution is 2.24. The Bertz CT molecular complexity index is 390. The summed E-state index contributed by atoms with van der Waals surface area (Å²) in [5.41, 5.74) is 1.75. The van der Waals surface area contributed by atoms with Crippen molar-refractivity contribution in [3.05, 3.63) is 17.6 Å². The van der Waals surface area contributed by atoms with Gasteiger partial charge in [-0.3, -0.25) is 0 Å². The lowest BCUT2D eigenvalue weighted by Crippen LogP contribution is -2.22. The molecule has 1 aromatic rings. The van der Waals surface area contributed by atoms with Crippen LogP contribution in [0.3, 0.4) is 0 Å². The maximum absolute atomic E-state index is 12.1. The number of hydrogen-bond donors (Lipinski definition) is 1. The number of nitrogens with one attached hydrogen (secondary N) is 1. The van der Waals surface area contributed by atoms with Crippen molar-refractivity contribution in [2.45, 2.75) is 38.3 Å². The first kappa shape index (κ1) is 12.1. The summed E-state index contributed by atoms with van der Waals surface area (Å²) in [7, 11) is 0. The molecule has 0 spiro atoms. The number of halogens is 3. The fraction of sp³-hybridized carbons (Fsp3) is 0.636. The molecule has 0 unspecified atom stereocenters. The Kier molecular flexibility index (Phi) is 3.49. The molecule has 0 radical (unpaired) electrons. The van der Waals surface area contributed by atoms with Gasteiger partial charge in [0.15, 0.2) is 0 Å². The van der Waals surface area contributed by atoms with Crippen molar-refractivity contribution in [1.29, 1.82) is 0 Å². The van der Waals surface area contributed by atoms with E-state index < -0.39 is 12.7 Å². The van der Waals surface area contributed by atoms with E-state index in [2.05, 4.69) is 15.3 Å². The number of anilines is 1. The molecule has 17 heavy (non-hydrogen) atoms. The van der Waals surface area contributed by atoms with Crippen LogP contribution in [0.4, 0.5) is 19.0 Å². The predicted molar refractivity (Wildman–Crippen MR) is 57.8 cm³/mol. The first-order valence-electron chi connectivity index (χ1n) is 5.69. The lowest BCUT2D eigenvalue weighted by atomic mass is 10.1. The van der Waals surface area contributed by atoms with Crippen molar-refractivity contribution < 1.29 is 13.2 Å². The number of fused-ring (bicyclic) bond motifs is 1. The van der Waals surface area contributed by atoms with Crippen LogP contribution in [0.1, 0.15) is 30.5 Å². The molecule has 1 aliphatic carbocycles. The van der Waals surface area contributed by atoms with Crippen LogP contribution in [-0.2, 0) is 12.8 Å². The quantitative estimate of drug-likeness (QED) is 0.814. The van der Waals surface area contributed by atoms with Crippen molar-refractivity contribution in [1.82, 2.24) is 9.97 Å². The second-order valence-corrected chi connectivity index (χ2v) is 4.18. The number of hydrogen-bond acceptors (Lipinski definition) is 3. The third kappa shape index (κ3) is 3.31. The third-order valence-electron chi connectivity index (χ3n) is 2.83. The van der Waals surface area contributed by atoms with Gasteiger partial charge >= 0.3 is 6.18 Å². The Morgan fingerprint density at radius 3 is 2.65 bits per heavy atom. The fourth-order valence-corrected chi connectivity index (χ4v) is 2.03. The van der Waals surface area contributed by atoms with E-state index in [1.807, 2.05) is 0 Å². The van der Waals surface area contributed by atoms with Gasteiger partial charge < -0.3 is 5.32 Å². The van der Waals surface area contributed by atoms with Gasteiger partial charge in [0.2, 0.25) is 0 Å². The molecule has 1 heterocycles. The summed E-state index contributed by atoms with van der Waals surface area (Å²) < 4.78 is 36.4. The zero-order valence-corrected chi connectivity index (χ0v) is 9.35. The van der Waals surface area contributed by atoms with Gasteiger partial charge in [-0.05, 0) is 25.7 Å². The standard InChI is InChI=1S/C11H14F3N3/c12-11(13,14)6-15-10-8-4-2-1-3-5-9(8)16-7-17-10/h7H,1-6H2,(H,15,16,17). The molecule has 0 amide bonds. The van der Waals surface area contributed by atoms with Crippen molar-refractivity contribution in [3.8, 4) is 0 Å². The summed E-state index contributed by atoms with van der Waals surface area (Å²) in [6.07, 6.45) is 1.83. The van der Waals surface area contributed by atoms with Crippen LogP contribution in [-0.4, -0.2) is 22.7 Å². The number of rotatable bonds is 2.